The van der Waals surface area contributed by atoms with Gasteiger partial charge in [-0.3, -0.25) is 24.0 Å². The molecule has 0 aliphatic carbocycles. The zero-order valence-electron chi connectivity index (χ0n) is 26.0. The summed E-state index contributed by atoms with van der Waals surface area (Å²) < 4.78 is 29.0. The van der Waals surface area contributed by atoms with Crippen LogP contribution >= 0.6 is 23.2 Å². The quantitative estimate of drug-likeness (QED) is 0.130. The Bertz CT molecular complexity index is 1850. The van der Waals surface area contributed by atoms with Gasteiger partial charge in [0.2, 0.25) is 11.8 Å². The van der Waals surface area contributed by atoms with Crippen LogP contribution in [0.3, 0.4) is 0 Å². The number of benzene rings is 4. The van der Waals surface area contributed by atoms with Crippen LogP contribution in [-0.2, 0) is 32.6 Å². The lowest BCUT2D eigenvalue weighted by molar-refractivity contribution is -0.384. The minimum absolute atomic E-state index is 0.0929. The summed E-state index contributed by atoms with van der Waals surface area (Å²) in [6.45, 7) is 4.54. The Morgan fingerprint density at radius 2 is 1.49 bits per heavy atom. The van der Waals surface area contributed by atoms with Crippen LogP contribution in [-0.4, -0.2) is 48.2 Å². The maximum Gasteiger partial charge on any atom is 0.271 e. The molecule has 0 aromatic heterocycles. The van der Waals surface area contributed by atoms with Gasteiger partial charge in [0.25, 0.3) is 15.7 Å². The highest BCUT2D eigenvalue weighted by Crippen LogP contribution is 2.29. The number of anilines is 1. The normalized spacial score (nSPS) is 12.2. The summed E-state index contributed by atoms with van der Waals surface area (Å²) in [4.78, 5) is 40.6. The fourth-order valence-corrected chi connectivity index (χ4v) is 6.60. The van der Waals surface area contributed by atoms with E-state index < -0.39 is 44.9 Å². The summed E-state index contributed by atoms with van der Waals surface area (Å²) in [5.41, 5.74) is 0.200. The van der Waals surface area contributed by atoms with Gasteiger partial charge in [-0.15, -0.1) is 0 Å². The van der Waals surface area contributed by atoms with Crippen molar-refractivity contribution < 1.29 is 22.9 Å². The lowest BCUT2D eigenvalue weighted by Crippen LogP contribution is -2.56. The second-order valence-electron chi connectivity index (χ2n) is 11.8. The summed E-state index contributed by atoms with van der Waals surface area (Å²) in [6.07, 6.45) is 0.109. The number of amides is 2. The average molecular weight is 698 g/mol. The molecule has 1 atom stereocenters. The first-order valence-corrected chi connectivity index (χ1v) is 16.8. The van der Waals surface area contributed by atoms with E-state index in [2.05, 4.69) is 5.32 Å². The third-order valence-corrected chi connectivity index (χ3v) is 9.57. The van der Waals surface area contributed by atoms with Crippen LogP contribution in [0, 0.1) is 10.1 Å². The number of sulfonamides is 1. The zero-order valence-corrected chi connectivity index (χ0v) is 28.3. The maximum atomic E-state index is 14.5. The molecule has 10 nitrogen and oxygen atoms in total. The van der Waals surface area contributed by atoms with Gasteiger partial charge in [0.1, 0.15) is 12.6 Å². The van der Waals surface area contributed by atoms with Gasteiger partial charge in [0, 0.05) is 30.6 Å². The van der Waals surface area contributed by atoms with Crippen LogP contribution in [0.5, 0.6) is 0 Å². The molecule has 0 unspecified atom stereocenters. The van der Waals surface area contributed by atoms with Gasteiger partial charge in [-0.05, 0) is 62.2 Å². The topological polar surface area (TPSA) is 130 Å². The fraction of sp³-hybridized carbons (Fsp3) is 0.235. The molecule has 0 fully saturated rings. The predicted molar refractivity (Wildman–Crippen MR) is 183 cm³/mol. The SMILES string of the molecule is CC(C)(C)NC(=O)[C@H](Cc1ccccc1)N(Cc1ccc(Cl)c(Cl)c1)C(=O)CN(c1cccc([N+](=O)[O-])c1)S(=O)(=O)c1ccccc1. The second kappa shape index (κ2) is 15.0. The zero-order chi connectivity index (χ0) is 34.4. The van der Waals surface area contributed by atoms with E-state index in [-0.39, 0.29) is 34.3 Å². The molecule has 0 aliphatic heterocycles. The molecule has 4 rings (SSSR count). The summed E-state index contributed by atoms with van der Waals surface area (Å²) in [6, 6.07) is 25.3. The number of carbonyl (C=O) groups is 2. The molecule has 0 heterocycles. The van der Waals surface area contributed by atoms with Crippen molar-refractivity contribution in [2.75, 3.05) is 10.8 Å². The molecule has 0 radical (unpaired) electrons. The van der Waals surface area contributed by atoms with Crippen LogP contribution in [0.1, 0.15) is 31.9 Å². The molecule has 2 amide bonds. The first-order chi connectivity index (χ1) is 22.2. The minimum atomic E-state index is -4.42. The molecule has 0 saturated heterocycles. The second-order valence-corrected chi connectivity index (χ2v) is 14.5. The molecule has 1 N–H and O–H groups in total. The Morgan fingerprint density at radius 1 is 0.851 bits per heavy atom. The first kappa shape index (κ1) is 35.4. The lowest BCUT2D eigenvalue weighted by atomic mass is 10.0. The summed E-state index contributed by atoms with van der Waals surface area (Å²) in [5.74, 6) is -1.19. The van der Waals surface area contributed by atoms with Gasteiger partial charge >= 0.3 is 0 Å². The van der Waals surface area contributed by atoms with E-state index in [0.717, 1.165) is 15.9 Å². The van der Waals surface area contributed by atoms with E-state index in [4.69, 9.17) is 23.2 Å². The van der Waals surface area contributed by atoms with E-state index in [1.807, 2.05) is 51.1 Å². The van der Waals surface area contributed by atoms with Crippen molar-refractivity contribution in [3.8, 4) is 0 Å². The van der Waals surface area contributed by atoms with Gasteiger partial charge in [-0.25, -0.2) is 8.42 Å². The maximum absolute atomic E-state index is 14.5. The Morgan fingerprint density at radius 3 is 2.09 bits per heavy atom. The number of nitrogens with zero attached hydrogens (tertiary/aromatic N) is 3. The van der Waals surface area contributed by atoms with Crippen LogP contribution in [0.2, 0.25) is 10.0 Å². The van der Waals surface area contributed by atoms with E-state index in [1.165, 1.54) is 47.4 Å². The highest BCUT2D eigenvalue weighted by atomic mass is 35.5. The number of nitro benzene ring substituents is 1. The Labute approximate surface area is 284 Å². The van der Waals surface area contributed by atoms with Crippen molar-refractivity contribution >= 4 is 56.4 Å². The lowest BCUT2D eigenvalue weighted by Gasteiger charge is -2.35. The first-order valence-electron chi connectivity index (χ1n) is 14.6. The van der Waals surface area contributed by atoms with Crippen LogP contribution in [0.4, 0.5) is 11.4 Å². The molecule has 0 aliphatic rings. The number of halogens is 2. The number of hydrogen-bond acceptors (Lipinski definition) is 6. The van der Waals surface area contributed by atoms with Gasteiger partial charge in [-0.1, -0.05) is 83.9 Å². The van der Waals surface area contributed by atoms with Crippen LogP contribution < -0.4 is 9.62 Å². The van der Waals surface area contributed by atoms with Crippen molar-refractivity contribution in [3.63, 3.8) is 0 Å². The van der Waals surface area contributed by atoms with E-state index >= 15 is 0 Å². The molecule has 0 spiro atoms. The number of rotatable bonds is 12. The summed E-state index contributed by atoms with van der Waals surface area (Å²) >= 11 is 12.5. The smallest absolute Gasteiger partial charge is 0.271 e. The minimum Gasteiger partial charge on any atom is -0.350 e. The van der Waals surface area contributed by atoms with Crippen molar-refractivity contribution in [2.45, 2.75) is 50.2 Å². The van der Waals surface area contributed by atoms with Gasteiger partial charge < -0.3 is 10.2 Å². The number of non-ortho nitro benzene ring substituents is 1. The average Bonchev–Trinajstić information content (AvgIpc) is 3.03. The third-order valence-electron chi connectivity index (χ3n) is 7.04. The molecular weight excluding hydrogens is 663 g/mol. The highest BCUT2D eigenvalue weighted by Gasteiger charge is 2.36. The Balaban J connectivity index is 1.85. The van der Waals surface area contributed by atoms with Crippen molar-refractivity contribution in [1.82, 2.24) is 10.2 Å². The predicted octanol–water partition coefficient (Wildman–Crippen LogP) is 6.65. The molecule has 4 aromatic carbocycles. The van der Waals surface area contributed by atoms with Gasteiger partial charge in [0.15, 0.2) is 0 Å². The van der Waals surface area contributed by atoms with Crippen molar-refractivity contribution in [2.24, 2.45) is 0 Å². The number of carbonyl (C=O) groups excluding carboxylic acids is 2. The molecule has 246 valence electrons. The Kier molecular flexibility index (Phi) is 11.3. The number of nitro groups is 1. The monoisotopic (exact) mass is 696 g/mol. The summed E-state index contributed by atoms with van der Waals surface area (Å²) in [5, 5.41) is 15.1. The van der Waals surface area contributed by atoms with Crippen molar-refractivity contribution in [3.05, 3.63) is 134 Å². The standard InChI is InChI=1S/C34H34Cl2N4O6S/c1-34(2,3)37-33(42)31(20-24-11-6-4-7-12-24)38(22-25-17-18-29(35)30(36)19-25)32(41)23-39(26-13-10-14-27(21-26)40(43)44)47(45,46)28-15-8-5-9-16-28/h4-19,21,31H,20,22-23H2,1-3H3,(H,37,42)/t31-/m0/s1. The summed E-state index contributed by atoms with van der Waals surface area (Å²) in [7, 11) is -4.42. The van der Waals surface area contributed by atoms with E-state index in [1.54, 1.807) is 24.3 Å². The molecule has 13 heteroatoms. The number of hydrogen-bond donors (Lipinski definition) is 1. The fourth-order valence-electron chi connectivity index (χ4n) is 4.85. The van der Waals surface area contributed by atoms with Gasteiger partial charge in [0.05, 0.1) is 25.6 Å². The number of nitrogens with one attached hydrogen (secondary N) is 1. The molecule has 0 saturated carbocycles. The molecule has 47 heavy (non-hydrogen) atoms. The molecule has 4 aromatic rings. The van der Waals surface area contributed by atoms with Crippen molar-refractivity contribution in [1.29, 1.82) is 0 Å². The molecule has 0 bridgehead atoms. The third kappa shape index (κ3) is 9.31. The molecular formula is C34H34Cl2N4O6S. The Hall–Kier alpha value is -4.45. The van der Waals surface area contributed by atoms with Crippen LogP contribution in [0.25, 0.3) is 0 Å². The largest absolute Gasteiger partial charge is 0.350 e. The van der Waals surface area contributed by atoms with E-state index in [0.29, 0.717) is 10.6 Å². The van der Waals surface area contributed by atoms with E-state index in [9.17, 15) is 28.1 Å². The van der Waals surface area contributed by atoms with Crippen LogP contribution in [0.15, 0.2) is 108 Å². The highest BCUT2D eigenvalue weighted by molar-refractivity contribution is 7.92. The van der Waals surface area contributed by atoms with Gasteiger partial charge in [-0.2, -0.15) is 0 Å².